The summed E-state index contributed by atoms with van der Waals surface area (Å²) in [5, 5.41) is 2.94. The molecule has 0 atom stereocenters. The molecule has 8 nitrogen and oxygen atoms in total. The van der Waals surface area contributed by atoms with Crippen molar-refractivity contribution in [3.05, 3.63) is 35.9 Å². The van der Waals surface area contributed by atoms with E-state index in [1.807, 2.05) is 26.0 Å². The lowest BCUT2D eigenvalue weighted by Crippen LogP contribution is -2.36. The molecule has 3 rings (SSSR count). The van der Waals surface area contributed by atoms with Gasteiger partial charge in [-0.05, 0) is 26.0 Å². The number of methoxy groups -OCH3 is 2. The van der Waals surface area contributed by atoms with E-state index >= 15 is 0 Å². The van der Waals surface area contributed by atoms with Crippen LogP contribution in [0.25, 0.3) is 0 Å². The number of morpholine rings is 1. The maximum atomic E-state index is 13.0. The molecule has 0 aromatic heterocycles. The van der Waals surface area contributed by atoms with Crippen LogP contribution in [0.1, 0.15) is 24.2 Å². The average Bonchev–Trinajstić information content (AvgIpc) is 2.81. The van der Waals surface area contributed by atoms with Crippen LogP contribution in [0.3, 0.4) is 0 Å². The molecule has 0 bridgehead atoms. The molecule has 0 unspecified atom stereocenters. The van der Waals surface area contributed by atoms with E-state index in [2.05, 4.69) is 10.2 Å². The van der Waals surface area contributed by atoms with Gasteiger partial charge in [0.2, 0.25) is 0 Å². The highest BCUT2D eigenvalue weighted by Gasteiger charge is 2.21. The fourth-order valence-corrected chi connectivity index (χ4v) is 3.38. The van der Waals surface area contributed by atoms with Gasteiger partial charge in [0.05, 0.1) is 52.0 Å². The van der Waals surface area contributed by atoms with Crippen molar-refractivity contribution in [2.75, 3.05) is 64.0 Å². The zero-order valence-electron chi connectivity index (χ0n) is 18.5. The molecule has 31 heavy (non-hydrogen) atoms. The second-order valence-electron chi connectivity index (χ2n) is 6.84. The van der Waals surface area contributed by atoms with Gasteiger partial charge in [0.1, 0.15) is 23.0 Å². The van der Waals surface area contributed by atoms with Crippen molar-refractivity contribution in [1.29, 1.82) is 0 Å². The molecule has 8 heteroatoms. The van der Waals surface area contributed by atoms with Gasteiger partial charge in [-0.15, -0.1) is 0 Å². The Hall–Kier alpha value is -3.13. The van der Waals surface area contributed by atoms with Gasteiger partial charge in [0, 0.05) is 36.9 Å². The Kier molecular flexibility index (Phi) is 7.83. The van der Waals surface area contributed by atoms with Gasteiger partial charge in [-0.3, -0.25) is 4.79 Å². The lowest BCUT2D eigenvalue weighted by Gasteiger charge is -2.31. The molecule has 1 amide bonds. The number of rotatable bonds is 9. The molecular formula is C23H30N2O6. The molecule has 0 aliphatic carbocycles. The van der Waals surface area contributed by atoms with E-state index in [9.17, 15) is 4.79 Å². The molecule has 1 saturated heterocycles. The van der Waals surface area contributed by atoms with E-state index in [4.69, 9.17) is 23.7 Å². The normalized spacial score (nSPS) is 13.5. The van der Waals surface area contributed by atoms with Gasteiger partial charge < -0.3 is 33.9 Å². The van der Waals surface area contributed by atoms with Gasteiger partial charge in [0.15, 0.2) is 0 Å². The van der Waals surface area contributed by atoms with Crippen molar-refractivity contribution in [3.63, 3.8) is 0 Å². The van der Waals surface area contributed by atoms with Crippen molar-refractivity contribution < 1.29 is 28.5 Å². The Morgan fingerprint density at radius 3 is 2.13 bits per heavy atom. The molecule has 1 N–H and O–H groups in total. The summed E-state index contributed by atoms with van der Waals surface area (Å²) in [4.78, 5) is 15.2. The minimum Gasteiger partial charge on any atom is -0.497 e. The summed E-state index contributed by atoms with van der Waals surface area (Å²) >= 11 is 0. The number of nitrogens with zero attached hydrogens (tertiary/aromatic N) is 1. The predicted molar refractivity (Wildman–Crippen MR) is 119 cm³/mol. The molecule has 0 saturated carbocycles. The number of carbonyl (C=O) groups is 1. The van der Waals surface area contributed by atoms with E-state index < -0.39 is 0 Å². The van der Waals surface area contributed by atoms with E-state index in [1.165, 1.54) is 0 Å². The number of benzene rings is 2. The number of hydrogen-bond acceptors (Lipinski definition) is 7. The molecular weight excluding hydrogens is 400 g/mol. The zero-order valence-corrected chi connectivity index (χ0v) is 18.5. The molecule has 168 valence electrons. The summed E-state index contributed by atoms with van der Waals surface area (Å²) in [5.41, 5.74) is 1.87. The van der Waals surface area contributed by atoms with Crippen molar-refractivity contribution in [3.8, 4) is 23.0 Å². The lowest BCUT2D eigenvalue weighted by molar-refractivity contribution is 0.102. The fraction of sp³-hybridized carbons (Fsp3) is 0.435. The molecule has 1 heterocycles. The average molecular weight is 431 g/mol. The van der Waals surface area contributed by atoms with Crippen LogP contribution >= 0.6 is 0 Å². The maximum Gasteiger partial charge on any atom is 0.256 e. The van der Waals surface area contributed by atoms with Crippen molar-refractivity contribution in [1.82, 2.24) is 0 Å². The summed E-state index contributed by atoms with van der Waals surface area (Å²) in [6.45, 7) is 7.65. The summed E-state index contributed by atoms with van der Waals surface area (Å²) in [6.07, 6.45) is 0. The van der Waals surface area contributed by atoms with Crippen LogP contribution in [-0.2, 0) is 4.74 Å². The number of amides is 1. The van der Waals surface area contributed by atoms with Gasteiger partial charge >= 0.3 is 0 Å². The first-order valence-corrected chi connectivity index (χ1v) is 10.4. The highest BCUT2D eigenvalue weighted by atomic mass is 16.5. The topological polar surface area (TPSA) is 78.5 Å². The summed E-state index contributed by atoms with van der Waals surface area (Å²) in [5.74, 6) is 2.03. The number of ether oxygens (including phenoxy) is 5. The van der Waals surface area contributed by atoms with Crippen LogP contribution in [0.15, 0.2) is 30.3 Å². The first kappa shape index (κ1) is 22.6. The van der Waals surface area contributed by atoms with E-state index in [0.717, 1.165) is 18.8 Å². The Labute approximate surface area is 183 Å². The van der Waals surface area contributed by atoms with E-state index in [1.54, 1.807) is 32.4 Å². The minimum absolute atomic E-state index is 0.306. The van der Waals surface area contributed by atoms with Crippen LogP contribution in [0.2, 0.25) is 0 Å². The third kappa shape index (κ3) is 5.52. The summed E-state index contributed by atoms with van der Waals surface area (Å²) < 4.78 is 27.8. The summed E-state index contributed by atoms with van der Waals surface area (Å²) in [6, 6.07) is 8.76. The SMILES string of the molecule is CCOc1cc(N2CCOCC2)c(OCC)cc1NC(=O)c1cc(OC)cc(OC)c1. The van der Waals surface area contributed by atoms with Crippen molar-refractivity contribution in [2.45, 2.75) is 13.8 Å². The van der Waals surface area contributed by atoms with Crippen molar-refractivity contribution >= 4 is 17.3 Å². The minimum atomic E-state index is -0.306. The second kappa shape index (κ2) is 10.8. The molecule has 0 spiro atoms. The number of hydrogen-bond donors (Lipinski definition) is 1. The summed E-state index contributed by atoms with van der Waals surface area (Å²) in [7, 11) is 3.09. The monoisotopic (exact) mass is 430 g/mol. The third-order valence-corrected chi connectivity index (χ3v) is 4.87. The van der Waals surface area contributed by atoms with Crippen LogP contribution in [0, 0.1) is 0 Å². The highest BCUT2D eigenvalue weighted by Crippen LogP contribution is 2.39. The van der Waals surface area contributed by atoms with Crippen molar-refractivity contribution in [2.24, 2.45) is 0 Å². The Balaban J connectivity index is 1.95. The Bertz CT molecular complexity index is 874. The maximum absolute atomic E-state index is 13.0. The Morgan fingerprint density at radius 2 is 1.55 bits per heavy atom. The predicted octanol–water partition coefficient (Wildman–Crippen LogP) is 3.59. The fourth-order valence-electron chi connectivity index (χ4n) is 3.38. The van der Waals surface area contributed by atoms with Crippen LogP contribution < -0.4 is 29.2 Å². The first-order chi connectivity index (χ1) is 15.1. The number of carbonyl (C=O) groups excluding carboxylic acids is 1. The largest absolute Gasteiger partial charge is 0.497 e. The van der Waals surface area contributed by atoms with Crippen LogP contribution in [0.4, 0.5) is 11.4 Å². The van der Waals surface area contributed by atoms with Gasteiger partial charge in [-0.25, -0.2) is 0 Å². The second-order valence-corrected chi connectivity index (χ2v) is 6.84. The van der Waals surface area contributed by atoms with E-state index in [-0.39, 0.29) is 5.91 Å². The van der Waals surface area contributed by atoms with Crippen LogP contribution in [-0.4, -0.2) is 59.6 Å². The molecule has 2 aromatic carbocycles. The molecule has 0 radical (unpaired) electrons. The smallest absolute Gasteiger partial charge is 0.256 e. The van der Waals surface area contributed by atoms with E-state index in [0.29, 0.717) is 60.7 Å². The first-order valence-electron chi connectivity index (χ1n) is 10.4. The van der Waals surface area contributed by atoms with Gasteiger partial charge in [0.25, 0.3) is 5.91 Å². The lowest BCUT2D eigenvalue weighted by atomic mass is 10.1. The van der Waals surface area contributed by atoms with Gasteiger partial charge in [-0.1, -0.05) is 0 Å². The van der Waals surface area contributed by atoms with Crippen LogP contribution in [0.5, 0.6) is 23.0 Å². The molecule has 1 fully saturated rings. The molecule has 1 aliphatic rings. The molecule has 2 aromatic rings. The standard InChI is InChI=1S/C23H30N2O6/c1-5-30-21-15-20(25-7-9-29-10-8-25)22(31-6-2)14-19(21)24-23(26)16-11-17(27-3)13-18(12-16)28-4/h11-15H,5-10H2,1-4H3,(H,24,26). The molecule has 1 aliphatic heterocycles. The zero-order chi connectivity index (χ0) is 22.2. The Morgan fingerprint density at radius 1 is 0.935 bits per heavy atom. The highest BCUT2D eigenvalue weighted by molar-refractivity contribution is 6.06. The number of anilines is 2. The quantitative estimate of drug-likeness (QED) is 0.651. The third-order valence-electron chi connectivity index (χ3n) is 4.87. The van der Waals surface area contributed by atoms with Gasteiger partial charge in [-0.2, -0.15) is 0 Å². The number of nitrogens with one attached hydrogen (secondary N) is 1.